The van der Waals surface area contributed by atoms with E-state index in [0.717, 1.165) is 18.4 Å². The number of nitrogen functional groups attached to an aromatic ring is 1. The molecule has 6 heteroatoms. The third-order valence-corrected chi connectivity index (χ3v) is 4.02. The molecule has 0 unspecified atom stereocenters. The highest BCUT2D eigenvalue weighted by molar-refractivity contribution is 6.04. The van der Waals surface area contributed by atoms with Crippen LogP contribution >= 0.6 is 0 Å². The molecule has 0 spiro atoms. The molecule has 25 heavy (non-hydrogen) atoms. The molecule has 3 rings (SSSR count). The van der Waals surface area contributed by atoms with E-state index < -0.39 is 0 Å². The number of ketones is 1. The van der Waals surface area contributed by atoms with E-state index in [-0.39, 0.29) is 11.6 Å². The van der Waals surface area contributed by atoms with Gasteiger partial charge in [-0.3, -0.25) is 9.78 Å². The van der Waals surface area contributed by atoms with Gasteiger partial charge in [-0.25, -0.2) is 4.39 Å². The lowest BCUT2D eigenvalue weighted by molar-refractivity contribution is 0.0975. The second-order valence-electron chi connectivity index (χ2n) is 5.79. The Morgan fingerprint density at radius 1 is 1.12 bits per heavy atom. The summed E-state index contributed by atoms with van der Waals surface area (Å²) in [6, 6.07) is 9.58. The molecule has 0 amide bonds. The van der Waals surface area contributed by atoms with E-state index in [4.69, 9.17) is 5.84 Å². The first kappa shape index (κ1) is 16.8. The predicted octanol–water partition coefficient (Wildman–Crippen LogP) is 3.84. The summed E-state index contributed by atoms with van der Waals surface area (Å²) in [4.78, 5) is 17.9. The van der Waals surface area contributed by atoms with Crippen LogP contribution in [0.5, 0.6) is 0 Å². The van der Waals surface area contributed by atoms with E-state index in [1.807, 2.05) is 6.92 Å². The maximum atomic E-state index is 13.3. The average Bonchev–Trinajstić information content (AvgIpc) is 2.98. The summed E-state index contributed by atoms with van der Waals surface area (Å²) in [7, 11) is 0. The summed E-state index contributed by atoms with van der Waals surface area (Å²) in [5.74, 6) is 5.67. The van der Waals surface area contributed by atoms with Crippen molar-refractivity contribution in [2.75, 3.05) is 5.84 Å². The molecular weight excluding hydrogens is 319 g/mol. The van der Waals surface area contributed by atoms with Crippen molar-refractivity contribution in [1.29, 1.82) is 0 Å². The molecule has 0 radical (unpaired) electrons. The maximum absolute atomic E-state index is 13.3. The molecule has 128 valence electrons. The summed E-state index contributed by atoms with van der Waals surface area (Å²) in [6.45, 7) is 2.03. The zero-order valence-corrected chi connectivity index (χ0v) is 13.9. The Morgan fingerprint density at radius 3 is 2.44 bits per heavy atom. The average molecular weight is 338 g/mol. The molecule has 0 bridgehead atoms. The van der Waals surface area contributed by atoms with Crippen molar-refractivity contribution in [2.45, 2.75) is 26.2 Å². The van der Waals surface area contributed by atoms with Crippen LogP contribution in [0.2, 0.25) is 0 Å². The third-order valence-electron chi connectivity index (χ3n) is 4.02. The topological polar surface area (TPSA) is 73.8 Å². The summed E-state index contributed by atoms with van der Waals surface area (Å²) < 4.78 is 13.3. The van der Waals surface area contributed by atoms with E-state index in [9.17, 15) is 9.18 Å². The predicted molar refractivity (Wildman–Crippen MR) is 94.9 cm³/mol. The number of unbranched alkanes of at least 4 members (excludes halogenated alkanes) is 1. The molecule has 3 aromatic rings. The lowest BCUT2D eigenvalue weighted by atomic mass is 9.97. The molecule has 0 fully saturated rings. The number of Topliss-reactive ketones (excluding diaryl/α,β-unsaturated/α-hetero) is 1. The van der Waals surface area contributed by atoms with Gasteiger partial charge in [-0.1, -0.05) is 13.3 Å². The van der Waals surface area contributed by atoms with E-state index in [0.29, 0.717) is 28.9 Å². The zero-order chi connectivity index (χ0) is 17.8. The SMILES string of the molecule is CCCCC(=O)c1nn(N)c(-c2ccc(F)cc2)c1-c1ccncc1. The fourth-order valence-corrected chi connectivity index (χ4v) is 2.76. The van der Waals surface area contributed by atoms with Crippen molar-refractivity contribution in [3.05, 3.63) is 60.3 Å². The van der Waals surface area contributed by atoms with Gasteiger partial charge < -0.3 is 5.84 Å². The molecule has 0 saturated heterocycles. The summed E-state index contributed by atoms with van der Waals surface area (Å²) in [6.07, 6.45) is 5.42. The van der Waals surface area contributed by atoms with Crippen molar-refractivity contribution in [2.24, 2.45) is 0 Å². The summed E-state index contributed by atoms with van der Waals surface area (Å²) in [5.41, 5.74) is 3.05. The number of pyridine rings is 1. The number of hydrogen-bond donors (Lipinski definition) is 1. The van der Waals surface area contributed by atoms with Crippen LogP contribution < -0.4 is 5.84 Å². The molecule has 2 aromatic heterocycles. The van der Waals surface area contributed by atoms with Crippen molar-refractivity contribution < 1.29 is 9.18 Å². The van der Waals surface area contributed by atoms with Crippen LogP contribution in [0.3, 0.4) is 0 Å². The van der Waals surface area contributed by atoms with Gasteiger partial charge in [-0.15, -0.1) is 5.10 Å². The van der Waals surface area contributed by atoms with E-state index in [1.165, 1.54) is 16.9 Å². The molecule has 0 aliphatic carbocycles. The van der Waals surface area contributed by atoms with Crippen LogP contribution in [0.4, 0.5) is 4.39 Å². The van der Waals surface area contributed by atoms with Gasteiger partial charge in [0.1, 0.15) is 17.2 Å². The minimum atomic E-state index is -0.337. The number of aromatic nitrogens is 3. The molecule has 2 N–H and O–H groups in total. The molecule has 0 saturated carbocycles. The summed E-state index contributed by atoms with van der Waals surface area (Å²) >= 11 is 0. The van der Waals surface area contributed by atoms with Crippen molar-refractivity contribution in [1.82, 2.24) is 14.9 Å². The molecule has 0 atom stereocenters. The van der Waals surface area contributed by atoms with E-state index in [1.54, 1.807) is 36.7 Å². The molecular formula is C19H19FN4O. The first-order valence-electron chi connectivity index (χ1n) is 8.19. The Kier molecular flexibility index (Phi) is 4.88. The van der Waals surface area contributed by atoms with Crippen LogP contribution in [0.15, 0.2) is 48.8 Å². The standard InChI is InChI=1S/C19H19FN4O/c1-2-3-4-16(25)18-17(13-9-11-22-12-10-13)19(24(21)23-18)14-5-7-15(20)8-6-14/h5-12H,2-4,21H2,1H3. The first-order valence-corrected chi connectivity index (χ1v) is 8.19. The Balaban J connectivity index is 2.19. The van der Waals surface area contributed by atoms with Gasteiger partial charge in [0.15, 0.2) is 5.78 Å². The monoisotopic (exact) mass is 338 g/mol. The summed E-state index contributed by atoms with van der Waals surface area (Å²) in [5, 5.41) is 4.27. The zero-order valence-electron chi connectivity index (χ0n) is 13.9. The van der Waals surface area contributed by atoms with Crippen molar-refractivity contribution in [3.63, 3.8) is 0 Å². The number of rotatable bonds is 6. The first-order chi connectivity index (χ1) is 12.1. The Labute approximate surface area is 145 Å². The van der Waals surface area contributed by atoms with Crippen LogP contribution in [0.1, 0.15) is 36.7 Å². The Bertz CT molecular complexity index is 872. The fourth-order valence-electron chi connectivity index (χ4n) is 2.76. The second kappa shape index (κ2) is 7.25. The number of benzene rings is 1. The normalized spacial score (nSPS) is 10.8. The van der Waals surface area contributed by atoms with Crippen molar-refractivity contribution >= 4 is 5.78 Å². The third kappa shape index (κ3) is 3.42. The van der Waals surface area contributed by atoms with Gasteiger partial charge in [0, 0.05) is 29.9 Å². The molecule has 1 aromatic carbocycles. The quantitative estimate of drug-likeness (QED) is 0.547. The largest absolute Gasteiger partial charge is 0.323 e. The number of nitrogens with zero attached hydrogens (tertiary/aromatic N) is 3. The lowest BCUT2D eigenvalue weighted by Crippen LogP contribution is -2.12. The van der Waals surface area contributed by atoms with Gasteiger partial charge in [0.05, 0.1) is 0 Å². The Hall–Kier alpha value is -3.02. The highest BCUT2D eigenvalue weighted by atomic mass is 19.1. The number of hydrogen-bond acceptors (Lipinski definition) is 4. The van der Waals surface area contributed by atoms with E-state index in [2.05, 4.69) is 10.1 Å². The highest BCUT2D eigenvalue weighted by Crippen LogP contribution is 2.34. The van der Waals surface area contributed by atoms with Crippen LogP contribution in [-0.4, -0.2) is 20.7 Å². The number of halogens is 1. The van der Waals surface area contributed by atoms with Gasteiger partial charge in [0.25, 0.3) is 0 Å². The van der Waals surface area contributed by atoms with Gasteiger partial charge in [0.2, 0.25) is 0 Å². The smallest absolute Gasteiger partial charge is 0.183 e. The molecule has 0 aliphatic rings. The fraction of sp³-hybridized carbons (Fsp3) is 0.211. The van der Waals surface area contributed by atoms with Crippen LogP contribution in [0, 0.1) is 5.82 Å². The van der Waals surface area contributed by atoms with Crippen molar-refractivity contribution in [3.8, 4) is 22.4 Å². The molecule has 5 nitrogen and oxygen atoms in total. The van der Waals surface area contributed by atoms with Gasteiger partial charge >= 0.3 is 0 Å². The molecule has 2 heterocycles. The van der Waals surface area contributed by atoms with Crippen LogP contribution in [0.25, 0.3) is 22.4 Å². The lowest BCUT2D eigenvalue weighted by Gasteiger charge is -2.07. The van der Waals surface area contributed by atoms with Gasteiger partial charge in [-0.05, 0) is 48.4 Å². The Morgan fingerprint density at radius 2 is 1.80 bits per heavy atom. The minimum absolute atomic E-state index is 0.0544. The van der Waals surface area contributed by atoms with E-state index >= 15 is 0 Å². The minimum Gasteiger partial charge on any atom is -0.323 e. The highest BCUT2D eigenvalue weighted by Gasteiger charge is 2.24. The number of carbonyl (C=O) groups excluding carboxylic acids is 1. The van der Waals surface area contributed by atoms with Crippen LogP contribution in [-0.2, 0) is 0 Å². The number of nitrogens with two attached hydrogens (primary N) is 1. The second-order valence-corrected chi connectivity index (χ2v) is 5.79. The molecule has 0 aliphatic heterocycles. The maximum Gasteiger partial charge on any atom is 0.183 e. The number of carbonyl (C=O) groups is 1. The van der Waals surface area contributed by atoms with Gasteiger partial charge in [-0.2, -0.15) is 4.79 Å².